The normalized spacial score (nSPS) is 13.8. The number of para-hydroxylation sites is 2. The van der Waals surface area contributed by atoms with Crippen molar-refractivity contribution in [1.29, 1.82) is 0 Å². The summed E-state index contributed by atoms with van der Waals surface area (Å²) in [4.78, 5) is 30.9. The van der Waals surface area contributed by atoms with E-state index in [0.29, 0.717) is 29.3 Å². The van der Waals surface area contributed by atoms with Crippen LogP contribution in [0.25, 0.3) is 11.0 Å². The number of anilines is 1. The number of amides is 1. The molecule has 0 spiro atoms. The Bertz CT molecular complexity index is 1350. The lowest BCUT2D eigenvalue weighted by Crippen LogP contribution is -2.40. The van der Waals surface area contributed by atoms with Gasteiger partial charge in [0.15, 0.2) is 6.61 Å². The lowest BCUT2D eigenvalue weighted by Gasteiger charge is -2.28. The number of hydrogen-bond donors (Lipinski definition) is 0. The molecule has 1 aromatic heterocycles. The van der Waals surface area contributed by atoms with Crippen molar-refractivity contribution in [2.24, 2.45) is 0 Å². The molecule has 34 heavy (non-hydrogen) atoms. The quantitative estimate of drug-likeness (QED) is 0.449. The van der Waals surface area contributed by atoms with Gasteiger partial charge in [-0.2, -0.15) is 0 Å². The number of benzene rings is 2. The highest BCUT2D eigenvalue weighted by atomic mass is 32.2. The van der Waals surface area contributed by atoms with Crippen LogP contribution < -0.4 is 9.64 Å². The molecule has 0 N–H and O–H groups in total. The van der Waals surface area contributed by atoms with Gasteiger partial charge in [-0.1, -0.05) is 12.1 Å². The first-order valence-electron chi connectivity index (χ1n) is 10.8. The third-order valence-electron chi connectivity index (χ3n) is 5.60. The molecule has 0 radical (unpaired) electrons. The number of esters is 1. The molecule has 10 nitrogen and oxygen atoms in total. The van der Waals surface area contributed by atoms with Gasteiger partial charge >= 0.3 is 5.97 Å². The average Bonchev–Trinajstić information content (AvgIpc) is 3.18. The molecule has 0 aliphatic carbocycles. The van der Waals surface area contributed by atoms with Crippen LogP contribution in [-0.2, 0) is 37.5 Å². The Balaban J connectivity index is 1.45. The summed E-state index contributed by atoms with van der Waals surface area (Å²) in [5, 5.41) is 0. The molecular weight excluding hydrogens is 460 g/mol. The van der Waals surface area contributed by atoms with Crippen LogP contribution in [0.15, 0.2) is 47.4 Å². The second-order valence-electron chi connectivity index (χ2n) is 7.92. The van der Waals surface area contributed by atoms with Crippen molar-refractivity contribution < 1.29 is 27.5 Å². The number of aromatic nitrogens is 2. The van der Waals surface area contributed by atoms with E-state index >= 15 is 0 Å². The second-order valence-corrected chi connectivity index (χ2v) is 10.1. The number of ether oxygens (including phenoxy) is 2. The van der Waals surface area contributed by atoms with E-state index in [9.17, 15) is 18.0 Å². The van der Waals surface area contributed by atoms with Crippen LogP contribution >= 0.6 is 0 Å². The Kier molecular flexibility index (Phi) is 6.58. The van der Waals surface area contributed by atoms with E-state index in [-0.39, 0.29) is 37.0 Å². The van der Waals surface area contributed by atoms with Gasteiger partial charge in [-0.15, -0.1) is 0 Å². The maximum absolute atomic E-state index is 12.4. The van der Waals surface area contributed by atoms with Crippen molar-refractivity contribution in [3.63, 3.8) is 0 Å². The van der Waals surface area contributed by atoms with Crippen molar-refractivity contribution in [3.05, 3.63) is 48.3 Å². The zero-order valence-electron chi connectivity index (χ0n) is 19.2. The number of imidazole rings is 1. The number of sulfonamides is 1. The van der Waals surface area contributed by atoms with Gasteiger partial charge in [-0.25, -0.2) is 17.7 Å². The molecule has 0 saturated heterocycles. The van der Waals surface area contributed by atoms with E-state index in [1.54, 1.807) is 30.3 Å². The van der Waals surface area contributed by atoms with Crippen LogP contribution in [0, 0.1) is 0 Å². The summed E-state index contributed by atoms with van der Waals surface area (Å²) in [6.07, 6.45) is 0.0116. The lowest BCUT2D eigenvalue weighted by atomic mass is 10.2. The summed E-state index contributed by atoms with van der Waals surface area (Å²) in [7, 11) is -0.650. The first-order valence-corrected chi connectivity index (χ1v) is 12.3. The number of hydrogen-bond acceptors (Lipinski definition) is 7. The Morgan fingerprint density at radius 1 is 1.21 bits per heavy atom. The fourth-order valence-corrected chi connectivity index (χ4v) is 4.74. The molecule has 3 aromatic rings. The highest BCUT2D eigenvalue weighted by molar-refractivity contribution is 7.89. The summed E-state index contributed by atoms with van der Waals surface area (Å²) in [5.41, 5.74) is 1.89. The summed E-state index contributed by atoms with van der Waals surface area (Å²) in [6.45, 7) is 2.54. The van der Waals surface area contributed by atoms with E-state index in [0.717, 1.165) is 9.82 Å². The van der Waals surface area contributed by atoms with Crippen LogP contribution in [0.2, 0.25) is 0 Å². The molecule has 1 amide bonds. The lowest BCUT2D eigenvalue weighted by molar-refractivity contribution is -0.145. The molecule has 0 atom stereocenters. The van der Waals surface area contributed by atoms with Crippen molar-refractivity contribution in [3.8, 4) is 5.75 Å². The first-order chi connectivity index (χ1) is 16.2. The van der Waals surface area contributed by atoms with Gasteiger partial charge in [-0.05, 0) is 37.3 Å². The predicted octanol–water partition coefficient (Wildman–Crippen LogP) is 2.17. The molecule has 2 aromatic carbocycles. The van der Waals surface area contributed by atoms with E-state index in [4.69, 9.17) is 9.47 Å². The number of carbonyl (C=O) groups excluding carboxylic acids is 2. The third kappa shape index (κ3) is 4.48. The fourth-order valence-electron chi connectivity index (χ4n) is 3.81. The van der Waals surface area contributed by atoms with E-state index in [1.807, 2.05) is 17.6 Å². The molecule has 0 bridgehead atoms. The topological polar surface area (TPSA) is 111 Å². The van der Waals surface area contributed by atoms with Gasteiger partial charge in [0.2, 0.25) is 10.0 Å². The van der Waals surface area contributed by atoms with Gasteiger partial charge in [0.25, 0.3) is 5.91 Å². The second kappa shape index (κ2) is 9.43. The number of aryl methyl sites for hydroxylation is 1. The molecule has 0 fully saturated rings. The largest absolute Gasteiger partial charge is 0.482 e. The number of nitrogens with zero attached hydrogens (tertiary/aromatic N) is 4. The minimum Gasteiger partial charge on any atom is -0.482 e. The van der Waals surface area contributed by atoms with E-state index in [1.165, 1.54) is 25.1 Å². The number of carbonyl (C=O) groups is 2. The van der Waals surface area contributed by atoms with Crippen molar-refractivity contribution in [2.45, 2.75) is 31.4 Å². The molecule has 1 aliphatic rings. The Morgan fingerprint density at radius 2 is 1.97 bits per heavy atom. The molecule has 180 valence electrons. The van der Waals surface area contributed by atoms with Gasteiger partial charge in [0, 0.05) is 27.2 Å². The molecule has 0 unspecified atom stereocenters. The maximum Gasteiger partial charge on any atom is 0.308 e. The fraction of sp³-hybridized carbons (Fsp3) is 0.348. The summed E-state index contributed by atoms with van der Waals surface area (Å²) < 4.78 is 38.7. The van der Waals surface area contributed by atoms with Gasteiger partial charge in [0.05, 0.1) is 28.0 Å². The Morgan fingerprint density at radius 3 is 2.71 bits per heavy atom. The minimum atomic E-state index is -3.59. The van der Waals surface area contributed by atoms with E-state index in [2.05, 4.69) is 4.98 Å². The Hall–Kier alpha value is -3.44. The minimum absolute atomic E-state index is 0.0116. The van der Waals surface area contributed by atoms with Gasteiger partial charge < -0.3 is 18.9 Å². The van der Waals surface area contributed by atoms with Gasteiger partial charge in [0.1, 0.15) is 18.2 Å². The summed E-state index contributed by atoms with van der Waals surface area (Å²) in [6, 6.07) is 11.9. The van der Waals surface area contributed by atoms with Crippen LogP contribution in [0.5, 0.6) is 5.75 Å². The van der Waals surface area contributed by atoms with Crippen molar-refractivity contribution >= 4 is 38.6 Å². The molecule has 0 saturated carbocycles. The average molecular weight is 487 g/mol. The third-order valence-corrected chi connectivity index (χ3v) is 7.41. The van der Waals surface area contributed by atoms with Crippen LogP contribution in [0.1, 0.15) is 19.2 Å². The zero-order chi connectivity index (χ0) is 24.5. The molecule has 2 heterocycles. The van der Waals surface area contributed by atoms with Crippen molar-refractivity contribution in [2.75, 3.05) is 32.1 Å². The Labute approximate surface area is 197 Å². The summed E-state index contributed by atoms with van der Waals surface area (Å²) in [5.74, 6) is 0.422. The molecular formula is C23H26N4O6S. The van der Waals surface area contributed by atoms with Crippen LogP contribution in [0.4, 0.5) is 5.69 Å². The monoisotopic (exact) mass is 486 g/mol. The van der Waals surface area contributed by atoms with Gasteiger partial charge in [-0.3, -0.25) is 9.59 Å². The van der Waals surface area contributed by atoms with Crippen molar-refractivity contribution in [1.82, 2.24) is 13.9 Å². The SMILES string of the molecule is CCn1c(COC(=O)CCN2C(=O)COc3ccccc32)nc2cc(S(=O)(=O)N(C)C)ccc21. The molecule has 11 heteroatoms. The first kappa shape index (κ1) is 23.7. The zero-order valence-corrected chi connectivity index (χ0v) is 20.0. The predicted molar refractivity (Wildman–Crippen MR) is 125 cm³/mol. The molecule has 1 aliphatic heterocycles. The maximum atomic E-state index is 12.4. The standard InChI is InChI=1S/C23H26N4O6S/c1-4-26-18-10-9-16(34(30,31)25(2)3)13-17(18)24-21(26)14-33-23(29)11-12-27-19-7-5-6-8-20(19)32-15-22(27)28/h5-10,13H,4,11-12,14-15H2,1-3H3. The number of rotatable bonds is 8. The highest BCUT2D eigenvalue weighted by Crippen LogP contribution is 2.31. The summed E-state index contributed by atoms with van der Waals surface area (Å²) >= 11 is 0. The van der Waals surface area contributed by atoms with Crippen LogP contribution in [-0.4, -0.2) is 61.4 Å². The molecule has 4 rings (SSSR count). The van der Waals surface area contributed by atoms with E-state index < -0.39 is 16.0 Å². The smallest absolute Gasteiger partial charge is 0.308 e. The van der Waals surface area contributed by atoms with Crippen LogP contribution in [0.3, 0.4) is 0 Å². The number of fused-ring (bicyclic) bond motifs is 2. The highest BCUT2D eigenvalue weighted by Gasteiger charge is 2.26.